The van der Waals surface area contributed by atoms with Gasteiger partial charge in [-0.2, -0.15) is 0 Å². The van der Waals surface area contributed by atoms with Gasteiger partial charge in [0.1, 0.15) is 12.3 Å². The van der Waals surface area contributed by atoms with Gasteiger partial charge in [0, 0.05) is 10.8 Å². The van der Waals surface area contributed by atoms with Gasteiger partial charge in [0.05, 0.1) is 25.7 Å². The number of phenols is 1. The molecule has 8 heteroatoms. The number of para-hydroxylation sites is 2. The second kappa shape index (κ2) is 7.88. The fourth-order valence-corrected chi connectivity index (χ4v) is 4.40. The summed E-state index contributed by atoms with van der Waals surface area (Å²) in [7, 11) is 0. The smallest absolute Gasteiger partial charge is 0.258 e. The number of aromatic nitrogens is 1. The number of carbonyl (C=O) groups excluding carboxylic acids is 1. The molecule has 0 bridgehead atoms. The van der Waals surface area contributed by atoms with Crippen molar-refractivity contribution < 1.29 is 9.90 Å². The standard InChI is InChI=1S/C21H15Br2N3O3/c22-15-9-12(10-16(23)21(15)29)24-25-19(27)11-26-17-7-3-1-5-13(17)20(28)14-6-2-4-8-18(14)26/h1-10,24,29H,11H2,(H,25,27). The van der Waals surface area contributed by atoms with Crippen LogP contribution in [0.5, 0.6) is 5.75 Å². The Morgan fingerprint density at radius 2 is 1.45 bits per heavy atom. The number of aromatic hydroxyl groups is 1. The van der Waals surface area contributed by atoms with E-state index in [2.05, 4.69) is 42.7 Å². The highest BCUT2D eigenvalue weighted by Gasteiger charge is 2.13. The molecule has 1 amide bonds. The molecule has 0 spiro atoms. The Morgan fingerprint density at radius 1 is 0.931 bits per heavy atom. The van der Waals surface area contributed by atoms with Crippen molar-refractivity contribution in [2.45, 2.75) is 6.54 Å². The lowest BCUT2D eigenvalue weighted by molar-refractivity contribution is -0.121. The van der Waals surface area contributed by atoms with E-state index in [0.29, 0.717) is 36.4 Å². The van der Waals surface area contributed by atoms with E-state index in [1.165, 1.54) is 0 Å². The number of rotatable bonds is 4. The third-order valence-electron chi connectivity index (χ3n) is 4.54. The summed E-state index contributed by atoms with van der Waals surface area (Å²) in [5.74, 6) is -0.211. The number of phenolic OH excluding ortho intramolecular Hbond substituents is 1. The molecule has 4 rings (SSSR count). The average molecular weight is 517 g/mol. The number of carbonyl (C=O) groups is 1. The van der Waals surface area contributed by atoms with Crippen LogP contribution in [-0.4, -0.2) is 15.6 Å². The van der Waals surface area contributed by atoms with Gasteiger partial charge < -0.3 is 9.67 Å². The number of hydrogen-bond donors (Lipinski definition) is 3. The minimum atomic E-state index is -0.288. The van der Waals surface area contributed by atoms with Gasteiger partial charge >= 0.3 is 0 Å². The number of nitrogens with one attached hydrogen (secondary N) is 2. The van der Waals surface area contributed by atoms with Crippen molar-refractivity contribution in [3.8, 4) is 5.75 Å². The lowest BCUT2D eigenvalue weighted by Crippen LogP contribution is -2.33. The Morgan fingerprint density at radius 3 is 2.00 bits per heavy atom. The second-order valence-electron chi connectivity index (χ2n) is 6.41. The maximum atomic E-state index is 12.8. The van der Waals surface area contributed by atoms with Crippen LogP contribution in [0.25, 0.3) is 21.8 Å². The van der Waals surface area contributed by atoms with Gasteiger partial charge in [0.2, 0.25) is 0 Å². The molecule has 0 aliphatic carbocycles. The lowest BCUT2D eigenvalue weighted by Gasteiger charge is -2.16. The predicted octanol–water partition coefficient (Wildman–Crippen LogP) is 4.53. The van der Waals surface area contributed by atoms with E-state index in [1.807, 2.05) is 41.0 Å². The van der Waals surface area contributed by atoms with E-state index in [9.17, 15) is 14.7 Å². The number of nitrogens with zero attached hydrogens (tertiary/aromatic N) is 1. The van der Waals surface area contributed by atoms with Crippen LogP contribution in [0, 0.1) is 0 Å². The maximum absolute atomic E-state index is 12.8. The molecule has 146 valence electrons. The highest BCUT2D eigenvalue weighted by molar-refractivity contribution is 9.11. The molecule has 0 fully saturated rings. The summed E-state index contributed by atoms with van der Waals surface area (Å²) in [6, 6.07) is 17.8. The van der Waals surface area contributed by atoms with Crippen molar-refractivity contribution in [2.24, 2.45) is 0 Å². The number of fused-ring (bicyclic) bond motifs is 2. The van der Waals surface area contributed by atoms with Crippen LogP contribution in [0.2, 0.25) is 0 Å². The van der Waals surface area contributed by atoms with Crippen LogP contribution in [0.3, 0.4) is 0 Å². The number of amides is 1. The van der Waals surface area contributed by atoms with E-state index in [-0.39, 0.29) is 23.6 Å². The zero-order chi connectivity index (χ0) is 20.5. The molecule has 0 atom stereocenters. The molecular weight excluding hydrogens is 502 g/mol. The average Bonchev–Trinajstić information content (AvgIpc) is 2.73. The van der Waals surface area contributed by atoms with Gasteiger partial charge in [0.25, 0.3) is 5.91 Å². The zero-order valence-electron chi connectivity index (χ0n) is 14.9. The second-order valence-corrected chi connectivity index (χ2v) is 8.12. The number of benzene rings is 3. The first kappa shape index (κ1) is 19.5. The number of halogens is 2. The number of hydrogen-bond acceptors (Lipinski definition) is 4. The van der Waals surface area contributed by atoms with Crippen LogP contribution >= 0.6 is 31.9 Å². The number of hydrazine groups is 1. The minimum absolute atomic E-state index is 0.0225. The molecule has 3 N–H and O–H groups in total. The topological polar surface area (TPSA) is 83.4 Å². The summed E-state index contributed by atoms with van der Waals surface area (Å²) in [6.45, 7) is 0.0225. The van der Waals surface area contributed by atoms with Crippen molar-refractivity contribution >= 4 is 65.3 Å². The van der Waals surface area contributed by atoms with Gasteiger partial charge in [-0.15, -0.1) is 0 Å². The van der Waals surface area contributed by atoms with Gasteiger partial charge in [0.15, 0.2) is 5.43 Å². The maximum Gasteiger partial charge on any atom is 0.258 e. The molecule has 6 nitrogen and oxygen atoms in total. The van der Waals surface area contributed by atoms with Crippen molar-refractivity contribution in [3.05, 3.63) is 79.8 Å². The van der Waals surface area contributed by atoms with Crippen molar-refractivity contribution in [2.75, 3.05) is 5.43 Å². The van der Waals surface area contributed by atoms with Crippen LogP contribution in [0.1, 0.15) is 0 Å². The summed E-state index contributed by atoms with van der Waals surface area (Å²) in [4.78, 5) is 25.4. The third kappa shape index (κ3) is 3.73. The Kier molecular flexibility index (Phi) is 5.29. The molecule has 1 aromatic heterocycles. The van der Waals surface area contributed by atoms with Crippen LogP contribution in [0.4, 0.5) is 5.69 Å². The summed E-state index contributed by atoms with van der Waals surface area (Å²) in [5, 5.41) is 10.9. The summed E-state index contributed by atoms with van der Waals surface area (Å²) in [5.41, 5.74) is 7.42. The Balaban J connectivity index is 1.66. The number of pyridine rings is 1. The van der Waals surface area contributed by atoms with E-state index < -0.39 is 0 Å². The van der Waals surface area contributed by atoms with Gasteiger partial charge in [-0.1, -0.05) is 24.3 Å². The van der Waals surface area contributed by atoms with Crippen LogP contribution < -0.4 is 16.3 Å². The highest BCUT2D eigenvalue weighted by Crippen LogP contribution is 2.34. The summed E-state index contributed by atoms with van der Waals surface area (Å²) < 4.78 is 2.80. The van der Waals surface area contributed by atoms with Gasteiger partial charge in [-0.05, 0) is 68.3 Å². The normalized spacial score (nSPS) is 11.0. The Bertz CT molecular complexity index is 1230. The molecule has 0 radical (unpaired) electrons. The SMILES string of the molecule is O=C(Cn1c2ccccc2c(=O)c2ccccc21)NNc1cc(Br)c(O)c(Br)c1. The molecule has 3 aromatic carbocycles. The third-order valence-corrected chi connectivity index (χ3v) is 5.75. The largest absolute Gasteiger partial charge is 0.506 e. The van der Waals surface area contributed by atoms with Crippen molar-refractivity contribution in [1.29, 1.82) is 0 Å². The fraction of sp³-hybridized carbons (Fsp3) is 0.0476. The molecule has 0 aliphatic rings. The van der Waals surface area contributed by atoms with Crippen molar-refractivity contribution in [1.82, 2.24) is 9.99 Å². The molecular formula is C21H15Br2N3O3. The molecule has 0 aliphatic heterocycles. The molecule has 1 heterocycles. The molecule has 29 heavy (non-hydrogen) atoms. The van der Waals surface area contributed by atoms with E-state index in [4.69, 9.17) is 0 Å². The first-order valence-corrected chi connectivity index (χ1v) is 10.3. The summed E-state index contributed by atoms with van der Waals surface area (Å²) in [6.07, 6.45) is 0. The first-order valence-electron chi connectivity index (χ1n) is 8.69. The molecule has 0 saturated carbocycles. The Labute approximate surface area is 182 Å². The molecule has 0 saturated heterocycles. The lowest BCUT2D eigenvalue weighted by atomic mass is 10.1. The monoisotopic (exact) mass is 515 g/mol. The Hall–Kier alpha value is -2.84. The molecule has 4 aromatic rings. The van der Waals surface area contributed by atoms with Gasteiger partial charge in [-0.3, -0.25) is 20.4 Å². The number of anilines is 1. The van der Waals surface area contributed by atoms with E-state index in [1.54, 1.807) is 24.3 Å². The zero-order valence-corrected chi connectivity index (χ0v) is 18.1. The highest BCUT2D eigenvalue weighted by atomic mass is 79.9. The van der Waals surface area contributed by atoms with Crippen LogP contribution in [0.15, 0.2) is 74.4 Å². The van der Waals surface area contributed by atoms with Crippen LogP contribution in [-0.2, 0) is 11.3 Å². The quantitative estimate of drug-likeness (QED) is 0.211. The van der Waals surface area contributed by atoms with Crippen molar-refractivity contribution in [3.63, 3.8) is 0 Å². The van der Waals surface area contributed by atoms with E-state index in [0.717, 1.165) is 0 Å². The first-order chi connectivity index (χ1) is 14.0. The summed E-state index contributed by atoms with van der Waals surface area (Å²) >= 11 is 6.50. The fourth-order valence-electron chi connectivity index (χ4n) is 3.21. The predicted molar refractivity (Wildman–Crippen MR) is 121 cm³/mol. The van der Waals surface area contributed by atoms with Gasteiger partial charge in [-0.25, -0.2) is 0 Å². The minimum Gasteiger partial charge on any atom is -0.506 e. The molecule has 0 unspecified atom stereocenters. The van der Waals surface area contributed by atoms with E-state index >= 15 is 0 Å².